The van der Waals surface area contributed by atoms with Gasteiger partial charge in [0.15, 0.2) is 5.78 Å². The average Bonchev–Trinajstić information content (AvgIpc) is 2.32. The van der Waals surface area contributed by atoms with Gasteiger partial charge in [0.05, 0.1) is 0 Å². The Hall–Kier alpha value is -0.700. The Morgan fingerprint density at radius 2 is 2.12 bits per heavy atom. The number of hydrogen-bond acceptors (Lipinski definition) is 2. The Morgan fingerprint density at radius 1 is 1.35 bits per heavy atom. The summed E-state index contributed by atoms with van der Waals surface area (Å²) in [5.74, 6) is 1.75. The third-order valence-corrected chi connectivity index (χ3v) is 4.60. The molecule has 0 amide bonds. The number of Topliss-reactive ketones (excluding diaryl/α,β-unsaturated/α-hetero) is 1. The average molecular weight is 296 g/mol. The molecule has 1 aliphatic carbocycles. The lowest BCUT2D eigenvalue weighted by Gasteiger charge is -2.31. The molecule has 0 spiro atoms. The van der Waals surface area contributed by atoms with Gasteiger partial charge in [0.25, 0.3) is 0 Å². The van der Waals surface area contributed by atoms with Gasteiger partial charge in [0.2, 0.25) is 0 Å². The predicted octanol–water partition coefficient (Wildman–Crippen LogP) is 4.10. The van der Waals surface area contributed by atoms with E-state index in [4.69, 9.17) is 0 Å². The fourth-order valence-electron chi connectivity index (χ4n) is 2.55. The zero-order valence-electron chi connectivity index (χ0n) is 10.3. The lowest BCUT2D eigenvalue weighted by Crippen LogP contribution is -2.27. The molecule has 0 saturated heterocycles. The van der Waals surface area contributed by atoms with Crippen LogP contribution in [0.5, 0.6) is 0 Å². The lowest BCUT2D eigenvalue weighted by molar-refractivity contribution is 0.0831. The molecule has 3 atom stereocenters. The standard InChI is InChI=1S/C14H18BrNO/c1-9-5-6-11(8-10(9)2)14(17)13-12(15)4-3-7-16-13/h3-4,7,9-11H,5-6,8H2,1-2H3. The van der Waals surface area contributed by atoms with Crippen molar-refractivity contribution in [3.05, 3.63) is 28.5 Å². The molecule has 1 aliphatic rings. The van der Waals surface area contributed by atoms with Gasteiger partial charge in [-0.3, -0.25) is 9.78 Å². The van der Waals surface area contributed by atoms with E-state index in [0.29, 0.717) is 11.6 Å². The van der Waals surface area contributed by atoms with Crippen molar-refractivity contribution in [1.29, 1.82) is 0 Å². The molecule has 1 saturated carbocycles. The van der Waals surface area contributed by atoms with Crippen LogP contribution < -0.4 is 0 Å². The molecule has 0 aliphatic heterocycles. The number of pyridine rings is 1. The molecular formula is C14H18BrNO. The second kappa shape index (κ2) is 5.30. The smallest absolute Gasteiger partial charge is 0.185 e. The topological polar surface area (TPSA) is 30.0 Å². The van der Waals surface area contributed by atoms with Gasteiger partial charge >= 0.3 is 0 Å². The van der Waals surface area contributed by atoms with Crippen LogP contribution in [0.4, 0.5) is 0 Å². The minimum absolute atomic E-state index is 0.160. The molecule has 17 heavy (non-hydrogen) atoms. The van der Waals surface area contributed by atoms with Crippen molar-refractivity contribution in [2.24, 2.45) is 17.8 Å². The van der Waals surface area contributed by atoms with Crippen molar-refractivity contribution in [3.63, 3.8) is 0 Å². The predicted molar refractivity (Wildman–Crippen MR) is 71.9 cm³/mol. The van der Waals surface area contributed by atoms with Crippen molar-refractivity contribution in [2.45, 2.75) is 33.1 Å². The summed E-state index contributed by atoms with van der Waals surface area (Å²) in [6.07, 6.45) is 4.85. The molecule has 1 aromatic heterocycles. The number of rotatable bonds is 2. The molecule has 0 N–H and O–H groups in total. The van der Waals surface area contributed by atoms with Gasteiger partial charge in [-0.2, -0.15) is 0 Å². The molecule has 3 unspecified atom stereocenters. The van der Waals surface area contributed by atoms with Gasteiger partial charge < -0.3 is 0 Å². The molecule has 2 nitrogen and oxygen atoms in total. The molecule has 2 rings (SSSR count). The summed E-state index contributed by atoms with van der Waals surface area (Å²) < 4.78 is 0.816. The quantitative estimate of drug-likeness (QED) is 0.769. The normalized spacial score (nSPS) is 29.0. The second-order valence-corrected chi connectivity index (χ2v) is 6.02. The third-order valence-electron chi connectivity index (χ3n) is 3.96. The van der Waals surface area contributed by atoms with E-state index in [9.17, 15) is 4.79 Å². The van der Waals surface area contributed by atoms with Crippen LogP contribution in [0.25, 0.3) is 0 Å². The summed E-state index contributed by atoms with van der Waals surface area (Å²) in [5.41, 5.74) is 0.597. The first-order valence-corrected chi connectivity index (χ1v) is 7.03. The van der Waals surface area contributed by atoms with E-state index in [1.165, 1.54) is 0 Å². The van der Waals surface area contributed by atoms with E-state index < -0.39 is 0 Å². The van der Waals surface area contributed by atoms with Crippen molar-refractivity contribution < 1.29 is 4.79 Å². The maximum Gasteiger partial charge on any atom is 0.185 e. The van der Waals surface area contributed by atoms with Crippen LogP contribution in [0.3, 0.4) is 0 Å². The molecule has 92 valence electrons. The first-order valence-electron chi connectivity index (χ1n) is 6.24. The van der Waals surface area contributed by atoms with Gasteiger partial charge in [0.1, 0.15) is 5.69 Å². The Kier molecular flexibility index (Phi) is 3.97. The molecule has 3 heteroatoms. The summed E-state index contributed by atoms with van der Waals surface area (Å²) in [7, 11) is 0. The number of hydrogen-bond donors (Lipinski definition) is 0. The lowest BCUT2D eigenvalue weighted by atomic mass is 9.74. The Labute approximate surface area is 111 Å². The van der Waals surface area contributed by atoms with Gasteiger partial charge in [-0.05, 0) is 59.2 Å². The number of halogens is 1. The van der Waals surface area contributed by atoms with Crippen LogP contribution in [-0.4, -0.2) is 10.8 Å². The van der Waals surface area contributed by atoms with Crippen molar-refractivity contribution in [1.82, 2.24) is 4.98 Å². The fourth-order valence-corrected chi connectivity index (χ4v) is 3.00. The maximum atomic E-state index is 12.4. The van der Waals surface area contributed by atoms with Gasteiger partial charge in [0, 0.05) is 16.6 Å². The highest BCUT2D eigenvalue weighted by atomic mass is 79.9. The first kappa shape index (κ1) is 12.7. The van der Waals surface area contributed by atoms with Crippen molar-refractivity contribution in [2.75, 3.05) is 0 Å². The van der Waals surface area contributed by atoms with E-state index >= 15 is 0 Å². The largest absolute Gasteiger partial charge is 0.292 e. The van der Waals surface area contributed by atoms with Gasteiger partial charge in [-0.25, -0.2) is 0 Å². The highest BCUT2D eigenvalue weighted by Crippen LogP contribution is 2.35. The van der Waals surface area contributed by atoms with Crippen LogP contribution in [0.2, 0.25) is 0 Å². The van der Waals surface area contributed by atoms with Crippen molar-refractivity contribution >= 4 is 21.7 Å². The number of aromatic nitrogens is 1. The zero-order chi connectivity index (χ0) is 12.4. The summed E-state index contributed by atoms with van der Waals surface area (Å²) in [5, 5.41) is 0. The summed E-state index contributed by atoms with van der Waals surface area (Å²) in [6.45, 7) is 4.53. The summed E-state index contributed by atoms with van der Waals surface area (Å²) in [4.78, 5) is 16.6. The number of carbonyl (C=O) groups excluding carboxylic acids is 1. The summed E-state index contributed by atoms with van der Waals surface area (Å²) in [6, 6.07) is 3.72. The zero-order valence-corrected chi connectivity index (χ0v) is 11.9. The Balaban J connectivity index is 2.14. The van der Waals surface area contributed by atoms with Crippen LogP contribution >= 0.6 is 15.9 Å². The van der Waals surface area contributed by atoms with Gasteiger partial charge in [-0.15, -0.1) is 0 Å². The van der Waals surface area contributed by atoms with E-state index in [1.54, 1.807) is 6.20 Å². The Morgan fingerprint density at radius 3 is 2.76 bits per heavy atom. The van der Waals surface area contributed by atoms with Gasteiger partial charge in [-0.1, -0.05) is 13.8 Å². The molecule has 0 bridgehead atoms. The summed E-state index contributed by atoms with van der Waals surface area (Å²) >= 11 is 3.41. The molecule has 1 aromatic rings. The highest BCUT2D eigenvalue weighted by Gasteiger charge is 2.30. The van der Waals surface area contributed by atoms with Crippen LogP contribution in [0.15, 0.2) is 22.8 Å². The van der Waals surface area contributed by atoms with E-state index in [0.717, 1.165) is 29.7 Å². The molecule has 1 heterocycles. The minimum Gasteiger partial charge on any atom is -0.292 e. The van der Waals surface area contributed by atoms with Crippen LogP contribution in [-0.2, 0) is 0 Å². The number of nitrogens with zero attached hydrogens (tertiary/aromatic N) is 1. The Bertz CT molecular complexity index is 418. The van der Waals surface area contributed by atoms with Crippen LogP contribution in [0.1, 0.15) is 43.6 Å². The highest BCUT2D eigenvalue weighted by molar-refractivity contribution is 9.10. The minimum atomic E-state index is 0.160. The third kappa shape index (κ3) is 2.76. The molecule has 1 fully saturated rings. The molecule has 0 radical (unpaired) electrons. The van der Waals surface area contributed by atoms with E-state index in [2.05, 4.69) is 34.8 Å². The van der Waals surface area contributed by atoms with E-state index in [1.807, 2.05) is 12.1 Å². The second-order valence-electron chi connectivity index (χ2n) is 5.16. The fraction of sp³-hybridized carbons (Fsp3) is 0.571. The first-order chi connectivity index (χ1) is 8.09. The number of ketones is 1. The van der Waals surface area contributed by atoms with E-state index in [-0.39, 0.29) is 11.7 Å². The monoisotopic (exact) mass is 295 g/mol. The van der Waals surface area contributed by atoms with Crippen LogP contribution in [0, 0.1) is 17.8 Å². The number of carbonyl (C=O) groups is 1. The molecular weight excluding hydrogens is 278 g/mol. The maximum absolute atomic E-state index is 12.4. The molecule has 0 aromatic carbocycles. The SMILES string of the molecule is CC1CCC(C(=O)c2ncccc2Br)CC1C. The van der Waals surface area contributed by atoms with Crippen molar-refractivity contribution in [3.8, 4) is 0 Å².